The molecule has 1 heterocycles. The molecule has 0 saturated heterocycles. The van der Waals surface area contributed by atoms with Gasteiger partial charge in [-0.05, 0) is 52.3 Å². The fourth-order valence-corrected chi connectivity index (χ4v) is 3.31. The van der Waals surface area contributed by atoms with Gasteiger partial charge in [0, 0.05) is 15.2 Å². The third kappa shape index (κ3) is 2.87. The van der Waals surface area contributed by atoms with E-state index in [0.717, 1.165) is 30.5 Å². The van der Waals surface area contributed by atoms with Gasteiger partial charge in [0.2, 0.25) is 0 Å². The highest BCUT2D eigenvalue weighted by Crippen LogP contribution is 2.32. The summed E-state index contributed by atoms with van der Waals surface area (Å²) in [6.45, 7) is 0. The van der Waals surface area contributed by atoms with E-state index < -0.39 is 0 Å². The van der Waals surface area contributed by atoms with Gasteiger partial charge in [-0.25, -0.2) is 4.98 Å². The van der Waals surface area contributed by atoms with E-state index in [1.165, 1.54) is 0 Å². The predicted octanol–water partition coefficient (Wildman–Crippen LogP) is 6.11. The molecule has 3 aromatic rings. The van der Waals surface area contributed by atoms with Crippen LogP contribution in [0, 0.1) is 0 Å². The lowest BCUT2D eigenvalue weighted by atomic mass is 10.3. The zero-order valence-electron chi connectivity index (χ0n) is 9.45. The lowest BCUT2D eigenvalue weighted by Gasteiger charge is -2.03. The Kier molecular flexibility index (Phi) is 3.67. The monoisotopic (exact) mass is 372 g/mol. The van der Waals surface area contributed by atoms with E-state index >= 15 is 0 Å². The molecule has 0 unspecified atom stereocenters. The van der Waals surface area contributed by atoms with Gasteiger partial charge in [-0.2, -0.15) is 0 Å². The lowest BCUT2D eigenvalue weighted by molar-refractivity contribution is 1.44. The first kappa shape index (κ1) is 13.2. The van der Waals surface area contributed by atoms with Crippen LogP contribution in [0.4, 0.5) is 10.8 Å². The van der Waals surface area contributed by atoms with Crippen LogP contribution in [0.3, 0.4) is 0 Å². The van der Waals surface area contributed by atoms with Crippen molar-refractivity contribution in [2.24, 2.45) is 0 Å². The van der Waals surface area contributed by atoms with Crippen molar-refractivity contribution in [1.82, 2.24) is 4.98 Å². The molecule has 3 rings (SSSR count). The standard InChI is InChI=1S/C13H7BrCl2N2S/c14-9-6-8(2-3-10(9)16)17-13-18-11-4-1-7(15)5-12(11)19-13/h1-6H,(H,17,18). The van der Waals surface area contributed by atoms with Crippen LogP contribution in [-0.2, 0) is 0 Å². The van der Waals surface area contributed by atoms with Crippen LogP contribution in [0.2, 0.25) is 10.0 Å². The molecule has 0 saturated carbocycles. The first-order valence-electron chi connectivity index (χ1n) is 5.40. The van der Waals surface area contributed by atoms with Crippen molar-refractivity contribution in [1.29, 1.82) is 0 Å². The Balaban J connectivity index is 1.94. The molecule has 0 aliphatic carbocycles. The molecule has 0 amide bonds. The molecular formula is C13H7BrCl2N2S. The Bertz CT molecular complexity index is 757. The van der Waals surface area contributed by atoms with Crippen molar-refractivity contribution in [3.05, 3.63) is 50.9 Å². The van der Waals surface area contributed by atoms with Crippen molar-refractivity contribution in [3.8, 4) is 0 Å². The van der Waals surface area contributed by atoms with E-state index in [9.17, 15) is 0 Å². The van der Waals surface area contributed by atoms with Crippen molar-refractivity contribution in [2.45, 2.75) is 0 Å². The van der Waals surface area contributed by atoms with Gasteiger partial charge in [0.15, 0.2) is 5.13 Å². The van der Waals surface area contributed by atoms with Crippen LogP contribution in [-0.4, -0.2) is 4.98 Å². The maximum atomic E-state index is 5.96. The second-order valence-electron chi connectivity index (χ2n) is 3.88. The summed E-state index contributed by atoms with van der Waals surface area (Å²) in [4.78, 5) is 4.50. The van der Waals surface area contributed by atoms with Gasteiger partial charge in [0.1, 0.15) is 0 Å². The largest absolute Gasteiger partial charge is 0.331 e. The summed E-state index contributed by atoms with van der Waals surface area (Å²) in [6, 6.07) is 11.3. The summed E-state index contributed by atoms with van der Waals surface area (Å²) in [7, 11) is 0. The molecule has 1 N–H and O–H groups in total. The number of rotatable bonds is 2. The third-order valence-electron chi connectivity index (χ3n) is 2.52. The third-order valence-corrected chi connectivity index (χ3v) is 4.90. The number of halogens is 3. The Morgan fingerprint density at radius 2 is 1.95 bits per heavy atom. The van der Waals surface area contributed by atoms with Crippen LogP contribution in [0.1, 0.15) is 0 Å². The Morgan fingerprint density at radius 3 is 2.74 bits per heavy atom. The molecule has 0 aliphatic heterocycles. The summed E-state index contributed by atoms with van der Waals surface area (Å²) < 4.78 is 1.91. The molecule has 0 atom stereocenters. The molecule has 6 heteroatoms. The fraction of sp³-hybridized carbons (Fsp3) is 0. The van der Waals surface area contributed by atoms with Gasteiger partial charge in [-0.15, -0.1) is 0 Å². The second-order valence-corrected chi connectivity index (χ2v) is 6.61. The molecule has 2 aromatic carbocycles. The van der Waals surface area contributed by atoms with Crippen LogP contribution in [0.5, 0.6) is 0 Å². The number of thiazole rings is 1. The first-order chi connectivity index (χ1) is 9.11. The SMILES string of the molecule is Clc1ccc2nc(Nc3ccc(Cl)c(Br)c3)sc2c1. The average Bonchev–Trinajstić information content (AvgIpc) is 2.75. The minimum absolute atomic E-state index is 0.682. The molecule has 0 bridgehead atoms. The molecule has 0 spiro atoms. The molecule has 0 aliphatic rings. The quantitative estimate of drug-likeness (QED) is 0.586. The van der Waals surface area contributed by atoms with Gasteiger partial charge >= 0.3 is 0 Å². The molecule has 96 valence electrons. The van der Waals surface area contributed by atoms with E-state index in [2.05, 4.69) is 26.2 Å². The molecule has 2 nitrogen and oxygen atoms in total. The number of fused-ring (bicyclic) bond motifs is 1. The summed E-state index contributed by atoms with van der Waals surface area (Å²) in [5.41, 5.74) is 1.87. The number of nitrogens with zero attached hydrogens (tertiary/aromatic N) is 1. The number of hydrogen-bond donors (Lipinski definition) is 1. The Labute approximate surface area is 132 Å². The van der Waals surface area contributed by atoms with Crippen LogP contribution < -0.4 is 5.32 Å². The highest BCUT2D eigenvalue weighted by Gasteiger charge is 2.05. The average molecular weight is 374 g/mol. The minimum atomic E-state index is 0.682. The van der Waals surface area contributed by atoms with Crippen molar-refractivity contribution in [2.75, 3.05) is 5.32 Å². The van der Waals surface area contributed by atoms with Gasteiger partial charge in [-0.3, -0.25) is 0 Å². The topological polar surface area (TPSA) is 24.9 Å². The number of aromatic nitrogens is 1. The van der Waals surface area contributed by atoms with E-state index in [1.54, 1.807) is 11.3 Å². The van der Waals surface area contributed by atoms with Crippen LogP contribution in [0.15, 0.2) is 40.9 Å². The molecule has 0 radical (unpaired) electrons. The normalized spacial score (nSPS) is 10.9. The Hall–Kier alpha value is -0.810. The maximum Gasteiger partial charge on any atom is 0.188 e. The summed E-state index contributed by atoms with van der Waals surface area (Å²) in [5.74, 6) is 0. The van der Waals surface area contributed by atoms with Crippen LogP contribution in [0.25, 0.3) is 10.2 Å². The second kappa shape index (κ2) is 5.29. The zero-order chi connectivity index (χ0) is 13.4. The molecule has 19 heavy (non-hydrogen) atoms. The van der Waals surface area contributed by atoms with Gasteiger partial charge in [-0.1, -0.05) is 34.5 Å². The van der Waals surface area contributed by atoms with Gasteiger partial charge in [0.05, 0.1) is 15.2 Å². The lowest BCUT2D eigenvalue weighted by Crippen LogP contribution is -1.88. The van der Waals surface area contributed by atoms with Crippen molar-refractivity contribution in [3.63, 3.8) is 0 Å². The van der Waals surface area contributed by atoms with E-state index in [-0.39, 0.29) is 0 Å². The van der Waals surface area contributed by atoms with Gasteiger partial charge in [0.25, 0.3) is 0 Å². The van der Waals surface area contributed by atoms with E-state index in [1.807, 2.05) is 36.4 Å². The van der Waals surface area contributed by atoms with E-state index in [0.29, 0.717) is 5.02 Å². The smallest absolute Gasteiger partial charge is 0.188 e. The number of anilines is 2. The maximum absolute atomic E-state index is 5.96. The van der Waals surface area contributed by atoms with Gasteiger partial charge < -0.3 is 5.32 Å². The fourth-order valence-electron chi connectivity index (χ4n) is 1.65. The zero-order valence-corrected chi connectivity index (χ0v) is 13.4. The molecule has 1 aromatic heterocycles. The first-order valence-corrected chi connectivity index (χ1v) is 7.76. The minimum Gasteiger partial charge on any atom is -0.331 e. The molecule has 0 fully saturated rings. The summed E-state index contributed by atoms with van der Waals surface area (Å²) in [5, 5.41) is 5.48. The highest BCUT2D eigenvalue weighted by molar-refractivity contribution is 9.10. The highest BCUT2D eigenvalue weighted by atomic mass is 79.9. The van der Waals surface area contributed by atoms with Crippen LogP contribution >= 0.6 is 50.5 Å². The van der Waals surface area contributed by atoms with Crippen molar-refractivity contribution < 1.29 is 0 Å². The summed E-state index contributed by atoms with van der Waals surface area (Å²) >= 11 is 16.9. The number of nitrogens with one attached hydrogen (secondary N) is 1. The molecular weight excluding hydrogens is 367 g/mol. The number of benzene rings is 2. The van der Waals surface area contributed by atoms with E-state index in [4.69, 9.17) is 23.2 Å². The predicted molar refractivity (Wildman–Crippen MR) is 87.1 cm³/mol. The number of hydrogen-bond acceptors (Lipinski definition) is 3. The Morgan fingerprint density at radius 1 is 1.11 bits per heavy atom. The van der Waals surface area contributed by atoms with Crippen molar-refractivity contribution >= 4 is 71.5 Å². The summed E-state index contributed by atoms with van der Waals surface area (Å²) in [6.07, 6.45) is 0.